The molecule has 1 fully saturated rings. The minimum atomic E-state index is -0.808. The molecule has 0 aliphatic carbocycles. The molecule has 0 bridgehead atoms. The van der Waals surface area contributed by atoms with E-state index < -0.39 is 11.9 Å². The van der Waals surface area contributed by atoms with E-state index in [0.717, 1.165) is 0 Å². The van der Waals surface area contributed by atoms with Gasteiger partial charge in [-0.15, -0.1) is 0 Å². The first-order chi connectivity index (χ1) is 7.92. The van der Waals surface area contributed by atoms with E-state index in [9.17, 15) is 9.18 Å². The summed E-state index contributed by atoms with van der Waals surface area (Å²) in [5.74, 6) is -1.53. The van der Waals surface area contributed by atoms with Crippen LogP contribution in [-0.4, -0.2) is 23.2 Å². The molecule has 1 atom stereocenters. The molecule has 1 heterocycles. The summed E-state index contributed by atoms with van der Waals surface area (Å²) in [7, 11) is 0. The quantitative estimate of drug-likeness (QED) is 0.859. The number of carboxylic acid groups (broad SMARTS) is 1. The zero-order valence-corrected chi connectivity index (χ0v) is 9.98. The number of para-hydroxylation sites is 1. The van der Waals surface area contributed by atoms with Gasteiger partial charge in [-0.25, -0.2) is 4.39 Å². The van der Waals surface area contributed by atoms with Crippen molar-refractivity contribution >= 4 is 11.7 Å². The lowest BCUT2D eigenvalue weighted by Crippen LogP contribution is -2.38. The van der Waals surface area contributed by atoms with E-state index in [1.165, 1.54) is 6.07 Å². The van der Waals surface area contributed by atoms with Crippen LogP contribution in [0.25, 0.3) is 0 Å². The lowest BCUT2D eigenvalue weighted by Gasteiger charge is -2.33. The first kappa shape index (κ1) is 11.9. The van der Waals surface area contributed by atoms with Crippen molar-refractivity contribution in [3.05, 3.63) is 30.1 Å². The fourth-order valence-corrected chi connectivity index (χ4v) is 2.51. The van der Waals surface area contributed by atoms with Crippen LogP contribution in [0, 0.1) is 11.7 Å². The number of benzene rings is 1. The van der Waals surface area contributed by atoms with Crippen LogP contribution >= 0.6 is 0 Å². The van der Waals surface area contributed by atoms with Gasteiger partial charge in [-0.05, 0) is 32.4 Å². The number of aliphatic carboxylic acids is 1. The van der Waals surface area contributed by atoms with E-state index in [2.05, 4.69) is 0 Å². The second kappa shape index (κ2) is 4.02. The smallest absolute Gasteiger partial charge is 0.308 e. The molecule has 1 aliphatic heterocycles. The number of rotatable bonds is 2. The van der Waals surface area contributed by atoms with Crippen LogP contribution in [0.1, 0.15) is 20.3 Å². The molecule has 17 heavy (non-hydrogen) atoms. The largest absolute Gasteiger partial charge is 0.481 e. The summed E-state index contributed by atoms with van der Waals surface area (Å²) in [6, 6.07) is 6.50. The Kier molecular flexibility index (Phi) is 2.81. The number of hydrogen-bond acceptors (Lipinski definition) is 2. The lowest BCUT2D eigenvalue weighted by atomic mass is 9.96. The van der Waals surface area contributed by atoms with Crippen molar-refractivity contribution in [2.75, 3.05) is 11.4 Å². The van der Waals surface area contributed by atoms with E-state index in [-0.39, 0.29) is 11.4 Å². The van der Waals surface area contributed by atoms with Crippen molar-refractivity contribution in [1.82, 2.24) is 0 Å². The molecule has 1 aliphatic rings. The first-order valence-corrected chi connectivity index (χ1v) is 5.67. The van der Waals surface area contributed by atoms with Crippen LogP contribution in [0.2, 0.25) is 0 Å². The molecule has 4 heteroatoms. The summed E-state index contributed by atoms with van der Waals surface area (Å²) in [6.45, 7) is 4.26. The summed E-state index contributed by atoms with van der Waals surface area (Å²) in [4.78, 5) is 12.9. The van der Waals surface area contributed by atoms with Gasteiger partial charge >= 0.3 is 5.97 Å². The third-order valence-electron chi connectivity index (χ3n) is 3.37. The average molecular weight is 237 g/mol. The minimum Gasteiger partial charge on any atom is -0.481 e. The number of hydrogen-bond donors (Lipinski definition) is 1. The molecule has 0 amide bonds. The topological polar surface area (TPSA) is 40.5 Å². The molecule has 0 spiro atoms. The average Bonchev–Trinajstić information content (AvgIpc) is 2.55. The van der Waals surface area contributed by atoms with Crippen molar-refractivity contribution in [3.8, 4) is 0 Å². The highest BCUT2D eigenvalue weighted by Gasteiger charge is 2.42. The van der Waals surface area contributed by atoms with Gasteiger partial charge in [0.15, 0.2) is 0 Å². The standard InChI is InChI=1S/C13H16FNO2/c1-13(2)7-9(12(16)17)8-15(13)11-6-4-3-5-10(11)14/h3-6,9H,7-8H2,1-2H3,(H,16,17). The van der Waals surface area contributed by atoms with Crippen molar-refractivity contribution < 1.29 is 14.3 Å². The van der Waals surface area contributed by atoms with Crippen LogP contribution in [0.5, 0.6) is 0 Å². The maximum Gasteiger partial charge on any atom is 0.308 e. The van der Waals surface area contributed by atoms with Crippen LogP contribution in [0.15, 0.2) is 24.3 Å². The third kappa shape index (κ3) is 2.12. The zero-order chi connectivity index (χ0) is 12.6. The highest BCUT2D eigenvalue weighted by molar-refractivity contribution is 5.73. The molecule has 1 N–H and O–H groups in total. The molecule has 0 aromatic heterocycles. The van der Waals surface area contributed by atoms with Gasteiger partial charge in [0.2, 0.25) is 0 Å². The third-order valence-corrected chi connectivity index (χ3v) is 3.37. The fourth-order valence-electron chi connectivity index (χ4n) is 2.51. The Morgan fingerprint density at radius 2 is 2.12 bits per heavy atom. The highest BCUT2D eigenvalue weighted by Crippen LogP contribution is 2.37. The van der Waals surface area contributed by atoms with E-state index in [1.807, 2.05) is 18.7 Å². The maximum absolute atomic E-state index is 13.7. The predicted octanol–water partition coefficient (Wildman–Crippen LogP) is 2.52. The first-order valence-electron chi connectivity index (χ1n) is 5.67. The summed E-state index contributed by atoms with van der Waals surface area (Å²) < 4.78 is 13.7. The van der Waals surface area contributed by atoms with Crippen LogP contribution in [0.4, 0.5) is 10.1 Å². The zero-order valence-electron chi connectivity index (χ0n) is 9.98. The number of halogens is 1. The number of nitrogens with zero attached hydrogens (tertiary/aromatic N) is 1. The fraction of sp³-hybridized carbons (Fsp3) is 0.462. The van der Waals surface area contributed by atoms with Crippen molar-refractivity contribution in [3.63, 3.8) is 0 Å². The summed E-state index contributed by atoms with van der Waals surface area (Å²) in [6.07, 6.45) is 0.538. The molecule has 0 radical (unpaired) electrons. The Balaban J connectivity index is 2.33. The summed E-state index contributed by atoms with van der Waals surface area (Å²) in [5, 5.41) is 9.06. The molecule has 1 saturated heterocycles. The van der Waals surface area contributed by atoms with Gasteiger partial charge in [0.1, 0.15) is 5.82 Å². The van der Waals surface area contributed by atoms with E-state index in [4.69, 9.17) is 5.11 Å². The maximum atomic E-state index is 13.7. The van der Waals surface area contributed by atoms with Crippen molar-refractivity contribution in [2.45, 2.75) is 25.8 Å². The van der Waals surface area contributed by atoms with Crippen molar-refractivity contribution in [2.24, 2.45) is 5.92 Å². The van der Waals surface area contributed by atoms with Gasteiger partial charge in [0.25, 0.3) is 0 Å². The van der Waals surface area contributed by atoms with Gasteiger partial charge in [-0.2, -0.15) is 0 Å². The molecular formula is C13H16FNO2. The van der Waals surface area contributed by atoms with Gasteiger partial charge in [0, 0.05) is 12.1 Å². The van der Waals surface area contributed by atoms with Gasteiger partial charge in [-0.1, -0.05) is 12.1 Å². The Morgan fingerprint density at radius 3 is 2.65 bits per heavy atom. The molecular weight excluding hydrogens is 221 g/mol. The molecule has 3 nitrogen and oxygen atoms in total. The SMILES string of the molecule is CC1(C)CC(C(=O)O)CN1c1ccccc1F. The van der Waals surface area contributed by atoms with E-state index in [1.54, 1.807) is 18.2 Å². The number of carbonyl (C=O) groups is 1. The Hall–Kier alpha value is -1.58. The number of anilines is 1. The van der Waals surface area contributed by atoms with Crippen molar-refractivity contribution in [1.29, 1.82) is 0 Å². The highest BCUT2D eigenvalue weighted by atomic mass is 19.1. The van der Waals surface area contributed by atoms with E-state index >= 15 is 0 Å². The summed E-state index contributed by atoms with van der Waals surface area (Å²) in [5.41, 5.74) is 0.159. The second-order valence-corrected chi connectivity index (χ2v) is 5.11. The molecule has 1 unspecified atom stereocenters. The van der Waals surface area contributed by atoms with Gasteiger partial charge in [0.05, 0.1) is 11.6 Å². The molecule has 1 aromatic carbocycles. The Morgan fingerprint density at radius 1 is 1.47 bits per heavy atom. The van der Waals surface area contributed by atoms with Gasteiger partial charge in [-0.3, -0.25) is 4.79 Å². The lowest BCUT2D eigenvalue weighted by molar-refractivity contribution is -0.141. The second-order valence-electron chi connectivity index (χ2n) is 5.11. The normalized spacial score (nSPS) is 22.8. The summed E-state index contributed by atoms with van der Waals surface area (Å²) >= 11 is 0. The Labute approximate surface area is 99.9 Å². The van der Waals surface area contributed by atoms with Gasteiger partial charge < -0.3 is 10.0 Å². The predicted molar refractivity (Wildman–Crippen MR) is 63.6 cm³/mol. The Bertz CT molecular complexity index is 445. The molecule has 0 saturated carbocycles. The van der Waals surface area contributed by atoms with E-state index in [0.29, 0.717) is 18.7 Å². The number of carboxylic acids is 1. The minimum absolute atomic E-state index is 0.299. The van der Waals surface area contributed by atoms with Crippen LogP contribution < -0.4 is 4.90 Å². The van der Waals surface area contributed by atoms with Crippen LogP contribution in [-0.2, 0) is 4.79 Å². The monoisotopic (exact) mass is 237 g/mol. The van der Waals surface area contributed by atoms with Crippen LogP contribution in [0.3, 0.4) is 0 Å². The molecule has 1 aromatic rings. The molecule has 2 rings (SSSR count). The molecule has 92 valence electrons.